The highest BCUT2D eigenvalue weighted by Gasteiger charge is 1.93. The number of nitrogens with one attached hydrogen (secondary N) is 1. The highest BCUT2D eigenvalue weighted by molar-refractivity contribution is 5.16. The SMILES string of the molecule is NCc1cc(=O)[nH]c(N)n1. The van der Waals surface area contributed by atoms with Crippen LogP contribution in [0.1, 0.15) is 5.69 Å². The third kappa shape index (κ3) is 1.32. The molecule has 0 aliphatic heterocycles. The number of aromatic amines is 1. The van der Waals surface area contributed by atoms with Gasteiger partial charge in [-0.3, -0.25) is 9.78 Å². The molecule has 0 radical (unpaired) electrons. The van der Waals surface area contributed by atoms with Crippen molar-refractivity contribution in [3.05, 3.63) is 22.1 Å². The second-order valence-electron chi connectivity index (χ2n) is 1.83. The minimum Gasteiger partial charge on any atom is -0.369 e. The zero-order valence-corrected chi connectivity index (χ0v) is 5.29. The van der Waals surface area contributed by atoms with Gasteiger partial charge < -0.3 is 11.5 Å². The average Bonchev–Trinajstić information content (AvgIpc) is 1.85. The van der Waals surface area contributed by atoms with Crippen molar-refractivity contribution in [1.82, 2.24) is 9.97 Å². The van der Waals surface area contributed by atoms with Gasteiger partial charge in [0, 0.05) is 12.6 Å². The fourth-order valence-electron chi connectivity index (χ4n) is 0.633. The first-order chi connectivity index (χ1) is 4.72. The Morgan fingerprint density at radius 1 is 1.70 bits per heavy atom. The standard InChI is InChI=1S/C5H8N4O/c6-2-3-1-4(10)9-5(7)8-3/h1H,2,6H2,(H3,7,8,9,10). The van der Waals surface area contributed by atoms with Gasteiger partial charge in [-0.15, -0.1) is 0 Å². The maximum absolute atomic E-state index is 10.6. The number of hydrogen-bond acceptors (Lipinski definition) is 4. The molecule has 1 heterocycles. The second-order valence-corrected chi connectivity index (χ2v) is 1.83. The maximum Gasteiger partial charge on any atom is 0.252 e. The van der Waals surface area contributed by atoms with E-state index >= 15 is 0 Å². The number of nitrogen functional groups attached to an aromatic ring is 1. The number of hydrogen-bond donors (Lipinski definition) is 3. The molecule has 5 heteroatoms. The molecule has 0 unspecified atom stereocenters. The Morgan fingerprint density at radius 3 is 2.90 bits per heavy atom. The van der Waals surface area contributed by atoms with Gasteiger partial charge in [-0.25, -0.2) is 4.98 Å². The highest BCUT2D eigenvalue weighted by atomic mass is 16.1. The molecule has 5 N–H and O–H groups in total. The van der Waals surface area contributed by atoms with E-state index in [1.165, 1.54) is 6.07 Å². The molecule has 0 saturated heterocycles. The van der Waals surface area contributed by atoms with E-state index in [0.29, 0.717) is 5.69 Å². The summed E-state index contributed by atoms with van der Waals surface area (Å²) >= 11 is 0. The smallest absolute Gasteiger partial charge is 0.252 e. The molecule has 1 rings (SSSR count). The predicted molar refractivity (Wildman–Crippen MR) is 37.2 cm³/mol. The Hall–Kier alpha value is -1.36. The Labute approximate surface area is 57.1 Å². The molecular weight excluding hydrogens is 132 g/mol. The van der Waals surface area contributed by atoms with Crippen LogP contribution in [-0.2, 0) is 6.54 Å². The van der Waals surface area contributed by atoms with Crippen molar-refractivity contribution in [1.29, 1.82) is 0 Å². The lowest BCUT2D eigenvalue weighted by Gasteiger charge is -1.94. The van der Waals surface area contributed by atoms with Crippen LogP contribution < -0.4 is 17.0 Å². The lowest BCUT2D eigenvalue weighted by molar-refractivity contribution is 0.959. The fourth-order valence-corrected chi connectivity index (χ4v) is 0.633. The maximum atomic E-state index is 10.6. The highest BCUT2D eigenvalue weighted by Crippen LogP contribution is 1.88. The normalized spacial score (nSPS) is 9.70. The molecule has 1 aromatic heterocycles. The summed E-state index contributed by atoms with van der Waals surface area (Å²) in [7, 11) is 0. The lowest BCUT2D eigenvalue weighted by atomic mass is 10.4. The number of anilines is 1. The van der Waals surface area contributed by atoms with Gasteiger partial charge in [0.2, 0.25) is 5.95 Å². The Kier molecular flexibility index (Phi) is 1.68. The van der Waals surface area contributed by atoms with Crippen LogP contribution in [0.5, 0.6) is 0 Å². The van der Waals surface area contributed by atoms with Crippen LogP contribution in [0.2, 0.25) is 0 Å². The summed E-state index contributed by atoms with van der Waals surface area (Å²) < 4.78 is 0. The zero-order chi connectivity index (χ0) is 7.56. The number of H-pyrrole nitrogens is 1. The Morgan fingerprint density at radius 2 is 2.40 bits per heavy atom. The first-order valence-electron chi connectivity index (χ1n) is 2.78. The van der Waals surface area contributed by atoms with Crippen molar-refractivity contribution in [3.8, 4) is 0 Å². The first kappa shape index (κ1) is 6.76. The van der Waals surface area contributed by atoms with E-state index in [9.17, 15) is 4.79 Å². The van der Waals surface area contributed by atoms with Gasteiger partial charge in [0.1, 0.15) is 0 Å². The summed E-state index contributed by atoms with van der Waals surface area (Å²) in [6.45, 7) is 0.230. The number of nitrogens with two attached hydrogens (primary N) is 2. The van der Waals surface area contributed by atoms with Crippen molar-refractivity contribution in [3.63, 3.8) is 0 Å². The molecule has 0 saturated carbocycles. The van der Waals surface area contributed by atoms with E-state index in [0.717, 1.165) is 0 Å². The Bertz CT molecular complexity index is 279. The van der Waals surface area contributed by atoms with Crippen molar-refractivity contribution in [2.24, 2.45) is 5.73 Å². The average molecular weight is 140 g/mol. The van der Waals surface area contributed by atoms with Gasteiger partial charge >= 0.3 is 0 Å². The van der Waals surface area contributed by atoms with E-state index in [1.54, 1.807) is 0 Å². The molecule has 54 valence electrons. The van der Waals surface area contributed by atoms with E-state index in [1.807, 2.05) is 0 Å². The van der Waals surface area contributed by atoms with Crippen LogP contribution >= 0.6 is 0 Å². The molecule has 10 heavy (non-hydrogen) atoms. The fraction of sp³-hybridized carbons (Fsp3) is 0.200. The minimum atomic E-state index is -0.270. The summed E-state index contributed by atoms with van der Waals surface area (Å²) in [4.78, 5) is 16.7. The van der Waals surface area contributed by atoms with Crippen molar-refractivity contribution >= 4 is 5.95 Å². The van der Waals surface area contributed by atoms with Gasteiger partial charge in [0.25, 0.3) is 5.56 Å². The molecule has 0 aliphatic rings. The number of aromatic nitrogens is 2. The van der Waals surface area contributed by atoms with Gasteiger partial charge in [-0.2, -0.15) is 0 Å². The van der Waals surface area contributed by atoms with Crippen LogP contribution in [0.25, 0.3) is 0 Å². The summed E-state index contributed by atoms with van der Waals surface area (Å²) in [5.74, 6) is 0.105. The largest absolute Gasteiger partial charge is 0.369 e. The summed E-state index contributed by atoms with van der Waals surface area (Å²) in [6, 6.07) is 1.32. The molecule has 0 spiro atoms. The van der Waals surface area contributed by atoms with E-state index in [4.69, 9.17) is 11.5 Å². The lowest BCUT2D eigenvalue weighted by Crippen LogP contribution is -2.13. The zero-order valence-electron chi connectivity index (χ0n) is 5.29. The van der Waals surface area contributed by atoms with Gasteiger partial charge in [0.15, 0.2) is 0 Å². The predicted octanol–water partition coefficient (Wildman–Crippen LogP) is -1.19. The van der Waals surface area contributed by atoms with E-state index in [-0.39, 0.29) is 18.1 Å². The molecule has 5 nitrogen and oxygen atoms in total. The van der Waals surface area contributed by atoms with Crippen LogP contribution in [0.3, 0.4) is 0 Å². The second kappa shape index (κ2) is 2.49. The molecule has 1 aromatic rings. The van der Waals surface area contributed by atoms with Crippen molar-refractivity contribution in [2.45, 2.75) is 6.54 Å². The van der Waals surface area contributed by atoms with E-state index in [2.05, 4.69) is 9.97 Å². The summed E-state index contributed by atoms with van der Waals surface area (Å²) in [5.41, 5.74) is 10.7. The molecular formula is C5H8N4O. The van der Waals surface area contributed by atoms with Crippen LogP contribution in [0.15, 0.2) is 10.9 Å². The van der Waals surface area contributed by atoms with Crippen LogP contribution in [-0.4, -0.2) is 9.97 Å². The summed E-state index contributed by atoms with van der Waals surface area (Å²) in [5, 5.41) is 0. The number of rotatable bonds is 1. The molecule has 0 aliphatic carbocycles. The quantitative estimate of drug-likeness (QED) is 0.457. The molecule has 0 aromatic carbocycles. The van der Waals surface area contributed by atoms with Crippen LogP contribution in [0, 0.1) is 0 Å². The van der Waals surface area contributed by atoms with Gasteiger partial charge in [0.05, 0.1) is 5.69 Å². The van der Waals surface area contributed by atoms with Gasteiger partial charge in [-0.05, 0) is 0 Å². The summed E-state index contributed by atoms with van der Waals surface area (Å²) in [6.07, 6.45) is 0. The Balaban J connectivity index is 3.19. The third-order valence-corrected chi connectivity index (χ3v) is 1.02. The van der Waals surface area contributed by atoms with Crippen molar-refractivity contribution in [2.75, 3.05) is 5.73 Å². The number of nitrogens with zero attached hydrogens (tertiary/aromatic N) is 1. The van der Waals surface area contributed by atoms with Gasteiger partial charge in [-0.1, -0.05) is 0 Å². The van der Waals surface area contributed by atoms with Crippen LogP contribution in [0.4, 0.5) is 5.95 Å². The minimum absolute atomic E-state index is 0.105. The third-order valence-electron chi connectivity index (χ3n) is 1.02. The monoisotopic (exact) mass is 140 g/mol. The van der Waals surface area contributed by atoms with Crippen molar-refractivity contribution < 1.29 is 0 Å². The topological polar surface area (TPSA) is 97.8 Å². The molecule has 0 fully saturated rings. The molecule has 0 atom stereocenters. The molecule has 0 amide bonds. The molecule has 0 bridgehead atoms. The van der Waals surface area contributed by atoms with E-state index < -0.39 is 0 Å². The first-order valence-corrected chi connectivity index (χ1v) is 2.78.